The Morgan fingerprint density at radius 3 is 2.50 bits per heavy atom. The van der Waals surface area contributed by atoms with Gasteiger partial charge in [-0.2, -0.15) is 13.2 Å². The van der Waals surface area contributed by atoms with E-state index in [0.29, 0.717) is 25.5 Å². The minimum Gasteiger partial charge on any atom is -0.475 e. The van der Waals surface area contributed by atoms with Crippen molar-refractivity contribution in [1.82, 2.24) is 19.9 Å². The average molecular weight is 505 g/mol. The van der Waals surface area contributed by atoms with E-state index in [1.165, 1.54) is 0 Å². The predicted molar refractivity (Wildman–Crippen MR) is 125 cm³/mol. The molecule has 2 saturated heterocycles. The van der Waals surface area contributed by atoms with Gasteiger partial charge in [0, 0.05) is 54.9 Å². The number of alkyl halides is 3. The summed E-state index contributed by atoms with van der Waals surface area (Å²) in [6.45, 7) is 4.33. The monoisotopic (exact) mass is 505 g/mol. The zero-order valence-corrected chi connectivity index (χ0v) is 19.4. The van der Waals surface area contributed by atoms with Crippen LogP contribution in [-0.4, -0.2) is 82.4 Å². The molecular weight excluding hydrogens is 479 g/mol. The first-order chi connectivity index (χ1) is 17.2. The summed E-state index contributed by atoms with van der Waals surface area (Å²) >= 11 is 0. The van der Waals surface area contributed by atoms with Crippen LogP contribution < -0.4 is 4.90 Å². The van der Waals surface area contributed by atoms with Crippen molar-refractivity contribution in [3.63, 3.8) is 0 Å². The number of nitrogens with zero attached hydrogens (tertiary/aromatic N) is 4. The maximum atomic E-state index is 13.2. The minimum absolute atomic E-state index is 0.0621. The number of aromatic nitrogens is 3. The average Bonchev–Trinajstić information content (AvgIpc) is 3.20. The number of halogens is 3. The third-order valence-corrected chi connectivity index (χ3v) is 6.23. The van der Waals surface area contributed by atoms with Crippen LogP contribution in [0.15, 0.2) is 48.8 Å². The fourth-order valence-corrected chi connectivity index (χ4v) is 4.61. The summed E-state index contributed by atoms with van der Waals surface area (Å²) in [5, 5.41) is 8.19. The Morgan fingerprint density at radius 2 is 1.81 bits per heavy atom. The van der Waals surface area contributed by atoms with Crippen molar-refractivity contribution in [2.45, 2.75) is 19.0 Å². The van der Waals surface area contributed by atoms with Gasteiger partial charge in [-0.15, -0.1) is 0 Å². The molecular formula is C24H26F3N5O4. The number of likely N-dealkylation sites (tertiary alicyclic amines) is 1. The number of benzene rings is 1. The molecule has 5 rings (SSSR count). The lowest BCUT2D eigenvalue weighted by molar-refractivity contribution is -0.192. The number of carbonyl (C=O) groups excluding carboxylic acids is 1. The van der Waals surface area contributed by atoms with Crippen molar-refractivity contribution in [3.8, 4) is 0 Å². The molecule has 4 heterocycles. The largest absolute Gasteiger partial charge is 0.490 e. The Balaban J connectivity index is 0.000000384. The van der Waals surface area contributed by atoms with E-state index in [9.17, 15) is 18.0 Å². The number of aromatic amines is 1. The molecule has 1 atom stereocenters. The molecule has 0 saturated carbocycles. The number of hydrogen-bond acceptors (Lipinski definition) is 6. The topological polar surface area (TPSA) is 112 Å². The first-order valence-electron chi connectivity index (χ1n) is 11.4. The van der Waals surface area contributed by atoms with Crippen molar-refractivity contribution in [3.05, 3.63) is 54.5 Å². The van der Waals surface area contributed by atoms with Crippen LogP contribution in [0.25, 0.3) is 10.9 Å². The summed E-state index contributed by atoms with van der Waals surface area (Å²) in [5.74, 6) is -1.96. The number of aliphatic carboxylic acids is 1. The Hall–Kier alpha value is -3.67. The lowest BCUT2D eigenvalue weighted by Gasteiger charge is -2.43. The van der Waals surface area contributed by atoms with Gasteiger partial charge in [-0.3, -0.25) is 4.79 Å². The number of anilines is 1. The molecule has 192 valence electrons. The van der Waals surface area contributed by atoms with Crippen LogP contribution in [0.2, 0.25) is 0 Å². The highest BCUT2D eigenvalue weighted by molar-refractivity contribution is 5.98. The van der Waals surface area contributed by atoms with Crippen molar-refractivity contribution in [2.24, 2.45) is 5.41 Å². The molecule has 1 spiro atoms. The Bertz CT molecular complexity index is 1170. The number of hydrogen-bond donors (Lipinski definition) is 2. The number of H-pyrrole nitrogens is 1. The molecule has 0 aliphatic carbocycles. The molecule has 2 aromatic heterocycles. The molecule has 0 radical (unpaired) electrons. The second-order valence-corrected chi connectivity index (χ2v) is 8.93. The Morgan fingerprint density at radius 1 is 1.08 bits per heavy atom. The second kappa shape index (κ2) is 10.5. The maximum absolute atomic E-state index is 13.2. The molecule has 0 bridgehead atoms. The van der Waals surface area contributed by atoms with Crippen molar-refractivity contribution in [2.75, 3.05) is 44.3 Å². The van der Waals surface area contributed by atoms with Gasteiger partial charge in [0.15, 0.2) is 0 Å². The molecule has 2 aliphatic heterocycles. The van der Waals surface area contributed by atoms with E-state index in [4.69, 9.17) is 14.6 Å². The van der Waals surface area contributed by atoms with Gasteiger partial charge in [-0.1, -0.05) is 18.2 Å². The highest BCUT2D eigenvalue weighted by Gasteiger charge is 2.41. The Kier molecular flexibility index (Phi) is 7.43. The smallest absolute Gasteiger partial charge is 0.475 e. The Labute approximate surface area is 204 Å². The van der Waals surface area contributed by atoms with Gasteiger partial charge in [-0.05, 0) is 31.0 Å². The molecule has 2 aliphatic rings. The van der Waals surface area contributed by atoms with Gasteiger partial charge < -0.3 is 24.6 Å². The van der Waals surface area contributed by atoms with E-state index in [1.807, 2.05) is 41.3 Å². The highest BCUT2D eigenvalue weighted by Crippen LogP contribution is 2.34. The third kappa shape index (κ3) is 5.93. The van der Waals surface area contributed by atoms with Crippen LogP contribution in [0.3, 0.4) is 0 Å². The van der Waals surface area contributed by atoms with Gasteiger partial charge in [0.2, 0.25) is 5.95 Å². The van der Waals surface area contributed by atoms with Crippen LogP contribution in [0.4, 0.5) is 19.1 Å². The zero-order valence-electron chi connectivity index (χ0n) is 19.4. The molecule has 1 amide bonds. The van der Waals surface area contributed by atoms with E-state index in [-0.39, 0.29) is 11.3 Å². The summed E-state index contributed by atoms with van der Waals surface area (Å²) in [6.07, 6.45) is 0.465. The standard InChI is InChI=1S/C22H25N5O2.C2HF3O2/c28-20(19-13-17-5-1-2-6-18(17)25-19)26-10-3-7-22(14-26)15-27(11-12-29-16-22)21-23-8-4-9-24-21;3-2(4,5)1(6)7/h1-2,4-6,8-9,13,25H,3,7,10-12,14-16H2;(H,6,7). The van der Waals surface area contributed by atoms with E-state index < -0.39 is 12.1 Å². The molecule has 1 aromatic carbocycles. The van der Waals surface area contributed by atoms with E-state index >= 15 is 0 Å². The van der Waals surface area contributed by atoms with E-state index in [1.54, 1.807) is 12.4 Å². The quantitative estimate of drug-likeness (QED) is 0.550. The van der Waals surface area contributed by atoms with Crippen molar-refractivity contribution in [1.29, 1.82) is 0 Å². The van der Waals surface area contributed by atoms with Crippen LogP contribution in [-0.2, 0) is 9.53 Å². The molecule has 1 unspecified atom stereocenters. The van der Waals surface area contributed by atoms with Gasteiger partial charge >= 0.3 is 12.1 Å². The first kappa shape index (κ1) is 25.4. The van der Waals surface area contributed by atoms with Gasteiger partial charge in [0.1, 0.15) is 5.69 Å². The van der Waals surface area contributed by atoms with Crippen molar-refractivity contribution < 1.29 is 32.6 Å². The van der Waals surface area contributed by atoms with Crippen LogP contribution in [0.1, 0.15) is 23.3 Å². The number of carbonyl (C=O) groups is 2. The van der Waals surface area contributed by atoms with Crippen LogP contribution >= 0.6 is 0 Å². The number of piperidine rings is 1. The summed E-state index contributed by atoms with van der Waals surface area (Å²) in [4.78, 5) is 38.4. The number of ether oxygens (including phenoxy) is 1. The fraction of sp³-hybridized carbons (Fsp3) is 0.417. The molecule has 2 N–H and O–H groups in total. The number of rotatable bonds is 2. The number of carboxylic acids is 1. The first-order valence-corrected chi connectivity index (χ1v) is 11.4. The normalized spacial score (nSPS) is 20.5. The maximum Gasteiger partial charge on any atom is 0.490 e. The molecule has 12 heteroatoms. The highest BCUT2D eigenvalue weighted by atomic mass is 19.4. The number of carboxylic acid groups (broad SMARTS) is 1. The molecule has 3 aromatic rings. The van der Waals surface area contributed by atoms with E-state index in [2.05, 4.69) is 19.9 Å². The van der Waals surface area contributed by atoms with Gasteiger partial charge in [0.25, 0.3) is 5.91 Å². The number of para-hydroxylation sites is 1. The summed E-state index contributed by atoms with van der Waals surface area (Å²) in [5.41, 5.74) is 1.55. The number of amides is 1. The van der Waals surface area contributed by atoms with E-state index in [0.717, 1.165) is 49.3 Å². The SMILES string of the molecule is O=C(O)C(F)(F)F.O=C(c1cc2ccccc2[nH]1)N1CCCC2(COCCN(c3ncccn3)C2)C1. The molecule has 36 heavy (non-hydrogen) atoms. The lowest BCUT2D eigenvalue weighted by Crippen LogP contribution is -2.52. The van der Waals surface area contributed by atoms with Gasteiger partial charge in [-0.25, -0.2) is 14.8 Å². The predicted octanol–water partition coefficient (Wildman–Crippen LogP) is 3.35. The van der Waals surface area contributed by atoms with Crippen molar-refractivity contribution >= 4 is 28.7 Å². The van der Waals surface area contributed by atoms with Crippen LogP contribution in [0, 0.1) is 5.41 Å². The molecule has 2 fully saturated rings. The summed E-state index contributed by atoms with van der Waals surface area (Å²) < 4.78 is 37.7. The summed E-state index contributed by atoms with van der Waals surface area (Å²) in [7, 11) is 0. The number of nitrogens with one attached hydrogen (secondary N) is 1. The summed E-state index contributed by atoms with van der Waals surface area (Å²) in [6, 6.07) is 11.8. The lowest BCUT2D eigenvalue weighted by atomic mass is 9.80. The second-order valence-electron chi connectivity index (χ2n) is 8.93. The van der Waals surface area contributed by atoms with Crippen LogP contribution in [0.5, 0.6) is 0 Å². The third-order valence-electron chi connectivity index (χ3n) is 6.23. The number of fused-ring (bicyclic) bond motifs is 1. The zero-order chi connectivity index (χ0) is 25.8. The fourth-order valence-electron chi connectivity index (χ4n) is 4.61. The molecule has 9 nitrogen and oxygen atoms in total. The minimum atomic E-state index is -5.08. The van der Waals surface area contributed by atoms with Gasteiger partial charge in [0.05, 0.1) is 13.2 Å².